The van der Waals surface area contributed by atoms with Crippen molar-refractivity contribution in [2.45, 2.75) is 65.2 Å². The number of hydrogen-bond acceptors (Lipinski definition) is 9. The minimum atomic E-state index is -2.62. The van der Waals surface area contributed by atoms with Gasteiger partial charge < -0.3 is 24.2 Å². The molecule has 40 heavy (non-hydrogen) atoms. The van der Waals surface area contributed by atoms with Crippen LogP contribution in [0.25, 0.3) is 0 Å². The summed E-state index contributed by atoms with van der Waals surface area (Å²) in [6.45, 7) is 9.83. The van der Waals surface area contributed by atoms with Gasteiger partial charge in [0, 0.05) is 31.1 Å². The number of ether oxygens (including phenoxy) is 3. The van der Waals surface area contributed by atoms with Gasteiger partial charge in [0.2, 0.25) is 11.8 Å². The van der Waals surface area contributed by atoms with Crippen LogP contribution in [0.3, 0.4) is 0 Å². The number of rotatable bonds is 10. The van der Waals surface area contributed by atoms with Gasteiger partial charge in [-0.05, 0) is 58.9 Å². The largest absolute Gasteiger partial charge is 0.459 e. The van der Waals surface area contributed by atoms with Crippen LogP contribution in [0, 0.1) is 18.6 Å². The van der Waals surface area contributed by atoms with Gasteiger partial charge in [-0.15, -0.1) is 0 Å². The smallest absolute Gasteiger partial charge is 0.443 e. The second kappa shape index (κ2) is 12.1. The summed E-state index contributed by atoms with van der Waals surface area (Å²) < 4.78 is 46.5. The zero-order valence-electron chi connectivity index (χ0n) is 24.0. The van der Waals surface area contributed by atoms with Crippen molar-refractivity contribution in [1.82, 2.24) is 15.3 Å². The van der Waals surface area contributed by atoms with Crippen LogP contribution in [-0.4, -0.2) is 52.9 Å². The van der Waals surface area contributed by atoms with Crippen molar-refractivity contribution < 1.29 is 32.9 Å². The maximum absolute atomic E-state index is 14.7. The number of nitrogens with one attached hydrogen (secondary N) is 1. The first kappa shape index (κ1) is 30.7. The predicted octanol–water partition coefficient (Wildman–Crippen LogP) is 4.66. The second-order valence-corrected chi connectivity index (χ2v) is 10.6. The first-order valence-electron chi connectivity index (χ1n) is 12.8. The van der Waals surface area contributed by atoms with Crippen LogP contribution in [0.2, 0.25) is 0 Å². The summed E-state index contributed by atoms with van der Waals surface area (Å²) in [5.41, 5.74) is -0.390. The van der Waals surface area contributed by atoms with Crippen molar-refractivity contribution in [3.8, 4) is 11.6 Å². The number of anilines is 1. The highest BCUT2D eigenvalue weighted by molar-refractivity contribution is 5.75. The molecule has 0 aliphatic heterocycles. The average molecular weight is 559 g/mol. The Kier molecular flexibility index (Phi) is 9.32. The molecule has 2 N–H and O–H groups in total. The molecule has 0 aliphatic carbocycles. The summed E-state index contributed by atoms with van der Waals surface area (Å²) in [6.07, 6.45) is -2.62. The SMILES string of the molecule is Cc1c(OC(O)(N[C@@H](C)C(=O)OC(C)(C)C)Oc2ccccc2)nc(N(C)C)nc1C(C)c1c(F)cccc1F. The number of esters is 1. The molecular formula is C29H36F2N4O5. The highest BCUT2D eigenvalue weighted by atomic mass is 19.1. The summed E-state index contributed by atoms with van der Waals surface area (Å²) in [4.78, 5) is 23.2. The molecule has 0 fully saturated rings. The maximum atomic E-state index is 14.7. The Morgan fingerprint density at radius 1 is 0.975 bits per heavy atom. The fourth-order valence-electron chi connectivity index (χ4n) is 3.86. The number of carbonyl (C=O) groups excluding carboxylic acids is 1. The Hall–Kier alpha value is -3.83. The normalized spacial score (nSPS) is 14.6. The van der Waals surface area contributed by atoms with E-state index < -0.39 is 41.3 Å². The molecular weight excluding hydrogens is 522 g/mol. The van der Waals surface area contributed by atoms with Crippen molar-refractivity contribution in [3.63, 3.8) is 0 Å². The van der Waals surface area contributed by atoms with Crippen LogP contribution in [0.5, 0.6) is 11.6 Å². The lowest BCUT2D eigenvalue weighted by Gasteiger charge is -2.32. The van der Waals surface area contributed by atoms with Crippen molar-refractivity contribution >= 4 is 11.9 Å². The van der Waals surface area contributed by atoms with Crippen LogP contribution >= 0.6 is 0 Å². The highest BCUT2D eigenvalue weighted by Gasteiger charge is 2.39. The van der Waals surface area contributed by atoms with Gasteiger partial charge in [-0.3, -0.25) is 4.79 Å². The van der Waals surface area contributed by atoms with E-state index in [1.807, 2.05) is 0 Å². The molecule has 1 aromatic heterocycles. The molecule has 0 saturated heterocycles. The molecule has 0 radical (unpaired) electrons. The molecule has 2 unspecified atom stereocenters. The number of aliphatic hydroxyl groups is 1. The molecule has 9 nitrogen and oxygen atoms in total. The molecule has 2 aromatic carbocycles. The van der Waals surface area contributed by atoms with Gasteiger partial charge in [0.05, 0.1) is 5.69 Å². The summed E-state index contributed by atoms with van der Waals surface area (Å²) in [5, 5.41) is 14.2. The highest BCUT2D eigenvalue weighted by Crippen LogP contribution is 2.34. The van der Waals surface area contributed by atoms with Gasteiger partial charge in [-0.1, -0.05) is 31.2 Å². The molecule has 0 saturated carbocycles. The van der Waals surface area contributed by atoms with Gasteiger partial charge >= 0.3 is 12.1 Å². The van der Waals surface area contributed by atoms with Crippen LogP contribution < -0.4 is 19.7 Å². The van der Waals surface area contributed by atoms with Crippen molar-refractivity contribution in [1.29, 1.82) is 0 Å². The molecule has 11 heteroatoms. The van der Waals surface area contributed by atoms with Gasteiger partial charge in [-0.2, -0.15) is 4.98 Å². The second-order valence-electron chi connectivity index (χ2n) is 10.6. The third kappa shape index (κ3) is 7.64. The molecule has 3 rings (SSSR count). The van der Waals surface area contributed by atoms with E-state index >= 15 is 0 Å². The first-order valence-corrected chi connectivity index (χ1v) is 12.8. The van der Waals surface area contributed by atoms with Crippen LogP contribution in [0.4, 0.5) is 14.7 Å². The molecule has 0 aliphatic rings. The molecule has 1 heterocycles. The van der Waals surface area contributed by atoms with Crippen LogP contribution in [0.15, 0.2) is 48.5 Å². The van der Waals surface area contributed by atoms with E-state index in [9.17, 15) is 18.7 Å². The average Bonchev–Trinajstić information content (AvgIpc) is 2.84. The van der Waals surface area contributed by atoms with E-state index in [2.05, 4.69) is 15.3 Å². The zero-order chi connectivity index (χ0) is 29.8. The third-order valence-electron chi connectivity index (χ3n) is 5.76. The lowest BCUT2D eigenvalue weighted by molar-refractivity contribution is -0.299. The lowest BCUT2D eigenvalue weighted by atomic mass is 9.94. The number of para-hydroxylation sites is 1. The van der Waals surface area contributed by atoms with Gasteiger partial charge in [0.25, 0.3) is 0 Å². The number of nitrogens with zero attached hydrogens (tertiary/aromatic N) is 3. The van der Waals surface area contributed by atoms with E-state index in [4.69, 9.17) is 14.2 Å². The first-order chi connectivity index (χ1) is 18.6. The van der Waals surface area contributed by atoms with Gasteiger partial charge in [-0.25, -0.2) is 19.1 Å². The van der Waals surface area contributed by atoms with Crippen molar-refractivity contribution in [3.05, 3.63) is 77.0 Å². The molecule has 3 aromatic rings. The standard InChI is InChI=1S/C29H36F2N4O5/c1-17(23-21(30)15-12-16-22(23)31)24-18(2)25(33-27(32-24)35(7)8)39-29(37,38-20-13-10-9-11-14-20)34-19(3)26(36)40-28(4,5)6/h9-17,19,34,37H,1-8H3/t17?,19-,29?/m0/s1. The monoisotopic (exact) mass is 558 g/mol. The number of aromatic nitrogens is 2. The summed E-state index contributed by atoms with van der Waals surface area (Å²) >= 11 is 0. The Morgan fingerprint density at radius 3 is 2.12 bits per heavy atom. The lowest BCUT2D eigenvalue weighted by Crippen LogP contribution is -2.60. The van der Waals surface area contributed by atoms with Crippen molar-refractivity contribution in [2.75, 3.05) is 19.0 Å². The molecule has 0 spiro atoms. The van der Waals surface area contributed by atoms with E-state index in [0.717, 1.165) is 0 Å². The number of halogens is 2. The molecule has 0 amide bonds. The Morgan fingerprint density at radius 2 is 1.57 bits per heavy atom. The van der Waals surface area contributed by atoms with Gasteiger partial charge in [0.1, 0.15) is 29.0 Å². The number of carbonyl (C=O) groups is 1. The minimum absolute atomic E-state index is 0.139. The van der Waals surface area contributed by atoms with Crippen molar-refractivity contribution in [2.24, 2.45) is 0 Å². The van der Waals surface area contributed by atoms with E-state index in [1.54, 1.807) is 83.9 Å². The van der Waals surface area contributed by atoms with Crippen LogP contribution in [-0.2, 0) is 9.53 Å². The summed E-state index contributed by atoms with van der Waals surface area (Å²) in [5.74, 6) is -2.73. The van der Waals surface area contributed by atoms with E-state index in [0.29, 0.717) is 5.56 Å². The van der Waals surface area contributed by atoms with E-state index in [-0.39, 0.29) is 28.8 Å². The quantitative estimate of drug-likeness (QED) is 0.271. The zero-order valence-corrected chi connectivity index (χ0v) is 24.0. The minimum Gasteiger partial charge on any atom is -0.459 e. The Labute approximate surface area is 233 Å². The molecule has 216 valence electrons. The Balaban J connectivity index is 2.07. The fourth-order valence-corrected chi connectivity index (χ4v) is 3.86. The Bertz CT molecular complexity index is 1310. The molecule has 3 atom stereocenters. The fraction of sp³-hybridized carbons (Fsp3) is 0.414. The number of hydrogen-bond donors (Lipinski definition) is 2. The predicted molar refractivity (Wildman–Crippen MR) is 146 cm³/mol. The van der Waals surface area contributed by atoms with Crippen LogP contribution in [0.1, 0.15) is 57.4 Å². The topological polar surface area (TPSA) is 106 Å². The third-order valence-corrected chi connectivity index (χ3v) is 5.76. The summed E-state index contributed by atoms with van der Waals surface area (Å²) in [7, 11) is 3.37. The summed E-state index contributed by atoms with van der Waals surface area (Å²) in [6, 6.07) is 10.8. The maximum Gasteiger partial charge on any atom is 0.443 e. The van der Waals surface area contributed by atoms with Gasteiger partial charge in [0.15, 0.2) is 0 Å². The van der Waals surface area contributed by atoms with E-state index in [1.165, 1.54) is 25.1 Å². The molecule has 0 bridgehead atoms. The number of benzene rings is 2.